The Bertz CT molecular complexity index is 1090. The predicted octanol–water partition coefficient (Wildman–Crippen LogP) is 9.85. The summed E-state index contributed by atoms with van der Waals surface area (Å²) in [5.41, 5.74) is 2.15. The van der Waals surface area contributed by atoms with Crippen LogP contribution in [-0.4, -0.2) is 24.2 Å². The molecule has 4 aliphatic carbocycles. The first kappa shape index (κ1) is 30.3. The van der Waals surface area contributed by atoms with Gasteiger partial charge in [-0.3, -0.25) is 0 Å². The molecule has 0 aliphatic heterocycles. The van der Waals surface area contributed by atoms with E-state index in [1.54, 1.807) is 12.1 Å². The Labute approximate surface area is 243 Å². The first-order valence-corrected chi connectivity index (χ1v) is 15.7. The van der Waals surface area contributed by atoms with E-state index in [4.69, 9.17) is 9.47 Å². The standard InChI is InChI=1S/C35H47F3O3/c1-5-32(24(4)22(2)14-23(3)28-6-10-30(39)11-7-28)29-8-12-31(13-9-29)41-33(40-21-35(36,37)38)34-18-25-15-26(19-34)17-27(16-25)20-34/h6-13,22-27,32-33,39H,5,14-21H2,1-4H3. The number of phenols is 1. The van der Waals surface area contributed by atoms with Gasteiger partial charge in [0.15, 0.2) is 0 Å². The van der Waals surface area contributed by atoms with Crippen molar-refractivity contribution in [2.45, 2.75) is 103 Å². The zero-order valence-corrected chi connectivity index (χ0v) is 25.0. The third kappa shape index (κ3) is 7.06. The van der Waals surface area contributed by atoms with Gasteiger partial charge in [0, 0.05) is 5.41 Å². The zero-order valence-electron chi connectivity index (χ0n) is 25.0. The highest BCUT2D eigenvalue weighted by Gasteiger charge is 2.56. The van der Waals surface area contributed by atoms with Gasteiger partial charge >= 0.3 is 6.18 Å². The van der Waals surface area contributed by atoms with E-state index in [2.05, 4.69) is 39.8 Å². The second-order valence-corrected chi connectivity index (χ2v) is 13.8. The summed E-state index contributed by atoms with van der Waals surface area (Å²) in [6.45, 7) is 7.82. The fraction of sp³-hybridized carbons (Fsp3) is 0.657. The summed E-state index contributed by atoms with van der Waals surface area (Å²) in [5.74, 6) is 4.34. The minimum Gasteiger partial charge on any atom is -0.508 e. The fourth-order valence-corrected chi connectivity index (χ4v) is 8.91. The minimum absolute atomic E-state index is 0.289. The highest BCUT2D eigenvalue weighted by Crippen LogP contribution is 2.62. The third-order valence-corrected chi connectivity index (χ3v) is 10.7. The molecule has 5 atom stereocenters. The molecule has 0 heterocycles. The van der Waals surface area contributed by atoms with Gasteiger partial charge in [-0.25, -0.2) is 0 Å². The Balaban J connectivity index is 1.26. The van der Waals surface area contributed by atoms with Crippen LogP contribution in [0.5, 0.6) is 11.5 Å². The Morgan fingerprint density at radius 3 is 1.90 bits per heavy atom. The number of benzene rings is 2. The molecule has 5 unspecified atom stereocenters. The van der Waals surface area contributed by atoms with Crippen molar-refractivity contribution in [1.82, 2.24) is 0 Å². The van der Waals surface area contributed by atoms with Crippen LogP contribution in [-0.2, 0) is 4.74 Å². The van der Waals surface area contributed by atoms with Gasteiger partial charge in [-0.1, -0.05) is 52.0 Å². The maximum Gasteiger partial charge on any atom is 0.411 e. The molecule has 0 aromatic heterocycles. The molecule has 2 aromatic carbocycles. The van der Waals surface area contributed by atoms with Crippen LogP contribution in [0.1, 0.15) is 102 Å². The van der Waals surface area contributed by atoms with E-state index in [1.165, 1.54) is 30.4 Å². The van der Waals surface area contributed by atoms with Crippen molar-refractivity contribution in [3.63, 3.8) is 0 Å². The molecule has 41 heavy (non-hydrogen) atoms. The number of alkyl halides is 3. The highest BCUT2D eigenvalue weighted by molar-refractivity contribution is 5.31. The van der Waals surface area contributed by atoms with Crippen molar-refractivity contribution in [2.24, 2.45) is 35.0 Å². The topological polar surface area (TPSA) is 38.7 Å². The van der Waals surface area contributed by atoms with Gasteiger partial charge < -0.3 is 14.6 Å². The number of aromatic hydroxyl groups is 1. The summed E-state index contributed by atoms with van der Waals surface area (Å²) < 4.78 is 51.7. The molecule has 6 rings (SSSR count). The van der Waals surface area contributed by atoms with Crippen LogP contribution in [0.3, 0.4) is 0 Å². The molecule has 4 aliphatic rings. The van der Waals surface area contributed by atoms with Crippen LogP contribution in [0.2, 0.25) is 0 Å². The van der Waals surface area contributed by atoms with Crippen LogP contribution >= 0.6 is 0 Å². The molecular formula is C35H47F3O3. The van der Waals surface area contributed by atoms with Crippen LogP contribution < -0.4 is 4.74 Å². The van der Waals surface area contributed by atoms with Crippen LogP contribution in [0, 0.1) is 35.0 Å². The molecule has 2 aromatic rings. The Morgan fingerprint density at radius 2 is 1.39 bits per heavy atom. The molecule has 4 bridgehead atoms. The van der Waals surface area contributed by atoms with Gasteiger partial charge in [-0.15, -0.1) is 0 Å². The summed E-state index contributed by atoms with van der Waals surface area (Å²) in [6, 6.07) is 15.6. The van der Waals surface area contributed by atoms with Gasteiger partial charge in [0.25, 0.3) is 0 Å². The van der Waals surface area contributed by atoms with Crippen molar-refractivity contribution in [1.29, 1.82) is 0 Å². The lowest BCUT2D eigenvalue weighted by Gasteiger charge is -2.58. The van der Waals surface area contributed by atoms with Gasteiger partial charge in [0.1, 0.15) is 18.1 Å². The fourth-order valence-electron chi connectivity index (χ4n) is 8.91. The molecule has 226 valence electrons. The molecule has 0 spiro atoms. The van der Waals surface area contributed by atoms with Gasteiger partial charge in [0.2, 0.25) is 6.29 Å². The zero-order chi connectivity index (χ0) is 29.4. The number of halogens is 3. The summed E-state index contributed by atoms with van der Waals surface area (Å²) in [4.78, 5) is 0. The number of rotatable bonds is 12. The molecule has 6 heteroatoms. The summed E-state index contributed by atoms with van der Waals surface area (Å²) >= 11 is 0. The third-order valence-electron chi connectivity index (χ3n) is 10.7. The Kier molecular flexibility index (Phi) is 8.99. The van der Waals surface area contributed by atoms with Crippen molar-refractivity contribution in [2.75, 3.05) is 6.61 Å². The van der Waals surface area contributed by atoms with Crippen molar-refractivity contribution < 1.29 is 27.8 Å². The normalized spacial score (nSPS) is 29.1. The molecule has 0 radical (unpaired) electrons. The maximum absolute atomic E-state index is 13.2. The van der Waals surface area contributed by atoms with E-state index >= 15 is 0 Å². The molecule has 4 saturated carbocycles. The highest BCUT2D eigenvalue weighted by atomic mass is 19.4. The van der Waals surface area contributed by atoms with Gasteiger partial charge in [-0.2, -0.15) is 13.2 Å². The van der Waals surface area contributed by atoms with Crippen LogP contribution in [0.15, 0.2) is 48.5 Å². The van der Waals surface area contributed by atoms with E-state index in [0.29, 0.717) is 47.2 Å². The summed E-state index contributed by atoms with van der Waals surface area (Å²) in [6.07, 6.45) is 3.17. The Hall–Kier alpha value is -2.21. The molecule has 4 fully saturated rings. The van der Waals surface area contributed by atoms with Gasteiger partial charge in [-0.05, 0) is 128 Å². The van der Waals surface area contributed by atoms with E-state index in [0.717, 1.165) is 32.1 Å². The van der Waals surface area contributed by atoms with E-state index < -0.39 is 19.1 Å². The van der Waals surface area contributed by atoms with Gasteiger partial charge in [0.05, 0.1) is 0 Å². The van der Waals surface area contributed by atoms with Crippen molar-refractivity contribution >= 4 is 0 Å². The number of ether oxygens (including phenoxy) is 2. The lowest BCUT2D eigenvalue weighted by Crippen LogP contribution is -2.54. The molecular weight excluding hydrogens is 525 g/mol. The number of hydrogen-bond donors (Lipinski definition) is 1. The quantitative estimate of drug-likeness (QED) is 0.257. The van der Waals surface area contributed by atoms with E-state index in [9.17, 15) is 18.3 Å². The smallest absolute Gasteiger partial charge is 0.411 e. The maximum atomic E-state index is 13.2. The molecule has 1 N–H and O–H groups in total. The molecule has 0 amide bonds. The average Bonchev–Trinajstić information content (AvgIpc) is 2.91. The molecule has 0 saturated heterocycles. The minimum atomic E-state index is -4.38. The summed E-state index contributed by atoms with van der Waals surface area (Å²) in [5, 5.41) is 9.62. The predicted molar refractivity (Wildman–Crippen MR) is 156 cm³/mol. The van der Waals surface area contributed by atoms with Crippen LogP contribution in [0.25, 0.3) is 0 Å². The van der Waals surface area contributed by atoms with E-state index in [1.807, 2.05) is 24.3 Å². The first-order chi connectivity index (χ1) is 19.4. The largest absolute Gasteiger partial charge is 0.508 e. The number of hydrogen-bond acceptors (Lipinski definition) is 3. The SMILES string of the molecule is CCC(c1ccc(OC(OCC(F)(F)F)C23CC4CC(CC(C4)C2)C3)cc1)C(C)C(C)CC(C)c1ccc(O)cc1. The lowest BCUT2D eigenvalue weighted by molar-refractivity contribution is -0.260. The average molecular weight is 573 g/mol. The van der Waals surface area contributed by atoms with Crippen molar-refractivity contribution in [3.05, 3.63) is 59.7 Å². The lowest BCUT2D eigenvalue weighted by atomic mass is 9.49. The Morgan fingerprint density at radius 1 is 0.854 bits per heavy atom. The monoisotopic (exact) mass is 572 g/mol. The number of phenolic OH excluding ortho intramolecular Hbond substituents is 1. The molecule has 3 nitrogen and oxygen atoms in total. The van der Waals surface area contributed by atoms with E-state index in [-0.39, 0.29) is 11.2 Å². The second-order valence-electron chi connectivity index (χ2n) is 13.8. The van der Waals surface area contributed by atoms with Crippen molar-refractivity contribution in [3.8, 4) is 11.5 Å². The second kappa shape index (κ2) is 12.2. The summed E-state index contributed by atoms with van der Waals surface area (Å²) in [7, 11) is 0. The first-order valence-electron chi connectivity index (χ1n) is 15.7. The van der Waals surface area contributed by atoms with Crippen LogP contribution in [0.4, 0.5) is 13.2 Å².